The van der Waals surface area contributed by atoms with Crippen LogP contribution in [0.1, 0.15) is 44.5 Å². The molecule has 0 unspecified atom stereocenters. The normalized spacial score (nSPS) is 12.3. The molecule has 0 spiro atoms. The fourth-order valence-electron chi connectivity index (χ4n) is 2.96. The van der Waals surface area contributed by atoms with Crippen LogP contribution in [0.5, 0.6) is 11.5 Å². The minimum Gasteiger partial charge on any atom is -0.493 e. The second-order valence-corrected chi connectivity index (χ2v) is 9.01. The Bertz CT molecular complexity index is 1240. The molecule has 0 radical (unpaired) electrons. The summed E-state index contributed by atoms with van der Waals surface area (Å²) < 4.78 is 13.4. The first-order valence-corrected chi connectivity index (χ1v) is 11.4. The Kier molecular flexibility index (Phi) is 7.47. The molecule has 0 amide bonds. The number of rotatable bonds is 6. The smallest absolute Gasteiger partial charge is 0.308 e. The van der Waals surface area contributed by atoms with Crippen molar-refractivity contribution < 1.29 is 14.3 Å². The zero-order valence-corrected chi connectivity index (χ0v) is 21.2. The fourth-order valence-corrected chi connectivity index (χ4v) is 4.06. The first-order valence-electron chi connectivity index (χ1n) is 9.57. The van der Waals surface area contributed by atoms with E-state index in [2.05, 4.69) is 43.6 Å². The third-order valence-corrected chi connectivity index (χ3v) is 6.00. The molecule has 0 bridgehead atoms. The number of halogens is 2. The van der Waals surface area contributed by atoms with Gasteiger partial charge >= 0.3 is 5.97 Å². The lowest BCUT2D eigenvalue weighted by Crippen LogP contribution is -2.23. The van der Waals surface area contributed by atoms with Crippen molar-refractivity contribution in [3.8, 4) is 11.5 Å². The number of methoxy groups -OCH3 is 1. The molecule has 2 aromatic carbocycles. The number of benzene rings is 2. The number of hydrogen-bond acceptors (Lipinski definition) is 6. The molecule has 3 rings (SSSR count). The maximum Gasteiger partial charge on any atom is 0.308 e. The maximum atomic E-state index is 13.2. The Morgan fingerprint density at radius 1 is 1.35 bits per heavy atom. The van der Waals surface area contributed by atoms with Gasteiger partial charge in [-0.1, -0.05) is 29.8 Å². The molecule has 1 heterocycles. The molecule has 1 atom stereocenters. The van der Waals surface area contributed by atoms with Gasteiger partial charge in [-0.05, 0) is 64.9 Å². The molecule has 162 valence electrons. The second kappa shape index (κ2) is 9.90. The lowest BCUT2D eigenvalue weighted by atomic mass is 10.1. The average molecular weight is 598 g/mol. The van der Waals surface area contributed by atoms with Crippen LogP contribution in [0, 0.1) is 3.57 Å². The van der Waals surface area contributed by atoms with Crippen LogP contribution >= 0.6 is 38.5 Å². The Morgan fingerprint density at radius 2 is 2.10 bits per heavy atom. The molecule has 9 heteroatoms. The van der Waals surface area contributed by atoms with Crippen molar-refractivity contribution in [2.75, 3.05) is 7.11 Å². The highest BCUT2D eigenvalue weighted by Crippen LogP contribution is 2.33. The fraction of sp³-hybridized carbons (Fsp3) is 0.273. The predicted octanol–water partition coefficient (Wildman–Crippen LogP) is 5.09. The third-order valence-electron chi connectivity index (χ3n) is 4.71. The van der Waals surface area contributed by atoms with E-state index in [-0.39, 0.29) is 11.5 Å². The molecule has 0 aliphatic carbocycles. The molecule has 0 N–H and O–H groups in total. The summed E-state index contributed by atoms with van der Waals surface area (Å²) in [7, 11) is 1.50. The summed E-state index contributed by atoms with van der Waals surface area (Å²) in [4.78, 5) is 29.3. The van der Waals surface area contributed by atoms with E-state index in [4.69, 9.17) is 14.5 Å². The van der Waals surface area contributed by atoms with E-state index in [1.165, 1.54) is 18.7 Å². The zero-order valence-electron chi connectivity index (χ0n) is 17.5. The van der Waals surface area contributed by atoms with E-state index >= 15 is 0 Å². The molecule has 0 saturated heterocycles. The van der Waals surface area contributed by atoms with Gasteiger partial charge in [0.2, 0.25) is 0 Å². The zero-order chi connectivity index (χ0) is 22.7. The van der Waals surface area contributed by atoms with Crippen LogP contribution in [-0.2, 0) is 4.79 Å². The average Bonchev–Trinajstić information content (AvgIpc) is 2.74. The summed E-state index contributed by atoms with van der Waals surface area (Å²) in [6.45, 7) is 5.38. The Balaban J connectivity index is 2.14. The molecule has 3 aromatic rings. The van der Waals surface area contributed by atoms with Gasteiger partial charge in [-0.15, -0.1) is 0 Å². The SMILES string of the molecule is CC[C@@H](C)c1nc2ccc(Br)cc2c(=O)n1N=Cc1cc(I)c(OC(C)=O)c(OC)c1. The van der Waals surface area contributed by atoms with Crippen molar-refractivity contribution in [3.05, 3.63) is 60.1 Å². The van der Waals surface area contributed by atoms with Crippen molar-refractivity contribution in [2.24, 2.45) is 5.10 Å². The topological polar surface area (TPSA) is 82.8 Å². The number of aromatic nitrogens is 2. The molecule has 31 heavy (non-hydrogen) atoms. The number of ether oxygens (including phenoxy) is 2. The van der Waals surface area contributed by atoms with Gasteiger partial charge in [0.1, 0.15) is 5.82 Å². The first-order chi connectivity index (χ1) is 14.7. The van der Waals surface area contributed by atoms with Crippen LogP contribution in [0.15, 0.2) is 44.7 Å². The quantitative estimate of drug-likeness (QED) is 0.171. The summed E-state index contributed by atoms with van der Waals surface area (Å²) in [5.74, 6) is 0.951. The van der Waals surface area contributed by atoms with Crippen LogP contribution < -0.4 is 15.0 Å². The van der Waals surface area contributed by atoms with E-state index in [9.17, 15) is 9.59 Å². The number of carbonyl (C=O) groups excluding carboxylic acids is 1. The van der Waals surface area contributed by atoms with E-state index in [0.29, 0.717) is 37.4 Å². The maximum absolute atomic E-state index is 13.2. The molecule has 1 aromatic heterocycles. The molecule has 7 nitrogen and oxygen atoms in total. The number of carbonyl (C=O) groups is 1. The van der Waals surface area contributed by atoms with Crippen LogP contribution in [0.25, 0.3) is 10.9 Å². The van der Waals surface area contributed by atoms with Crippen molar-refractivity contribution in [3.63, 3.8) is 0 Å². The first kappa shape index (κ1) is 23.4. The number of fused-ring (bicyclic) bond motifs is 1. The lowest BCUT2D eigenvalue weighted by molar-refractivity contribution is -0.132. The van der Waals surface area contributed by atoms with E-state index < -0.39 is 5.97 Å². The minimum absolute atomic E-state index is 0.0407. The molecular weight excluding hydrogens is 577 g/mol. The van der Waals surface area contributed by atoms with Gasteiger partial charge in [0.05, 0.1) is 27.8 Å². The summed E-state index contributed by atoms with van der Waals surface area (Å²) in [6.07, 6.45) is 2.38. The second-order valence-electron chi connectivity index (χ2n) is 6.93. The van der Waals surface area contributed by atoms with Crippen molar-refractivity contribution in [1.29, 1.82) is 0 Å². The number of nitrogens with zero attached hydrogens (tertiary/aromatic N) is 3. The van der Waals surface area contributed by atoms with Gasteiger partial charge in [-0.25, -0.2) is 4.98 Å². The van der Waals surface area contributed by atoms with Crippen molar-refractivity contribution in [1.82, 2.24) is 9.66 Å². The van der Waals surface area contributed by atoms with Crippen molar-refractivity contribution in [2.45, 2.75) is 33.1 Å². The van der Waals surface area contributed by atoms with Gasteiger partial charge in [-0.3, -0.25) is 9.59 Å². The van der Waals surface area contributed by atoms with E-state index in [0.717, 1.165) is 10.9 Å². The van der Waals surface area contributed by atoms with Crippen LogP contribution in [0.2, 0.25) is 0 Å². The Hall–Kier alpha value is -2.27. The minimum atomic E-state index is -0.434. The summed E-state index contributed by atoms with van der Waals surface area (Å²) in [5, 5.41) is 4.95. The van der Waals surface area contributed by atoms with Gasteiger partial charge in [0.15, 0.2) is 11.5 Å². The molecule has 0 aliphatic heterocycles. The third kappa shape index (κ3) is 5.15. The summed E-state index contributed by atoms with van der Waals surface area (Å²) in [6, 6.07) is 8.92. The highest BCUT2D eigenvalue weighted by molar-refractivity contribution is 14.1. The van der Waals surface area contributed by atoms with E-state index in [1.807, 2.05) is 26.0 Å². The summed E-state index contributed by atoms with van der Waals surface area (Å²) >= 11 is 5.47. The van der Waals surface area contributed by atoms with Crippen molar-refractivity contribution >= 4 is 61.6 Å². The van der Waals surface area contributed by atoms with Gasteiger partial charge in [0.25, 0.3) is 5.56 Å². The lowest BCUT2D eigenvalue weighted by Gasteiger charge is -2.14. The van der Waals surface area contributed by atoms with Gasteiger partial charge in [0, 0.05) is 17.3 Å². The number of hydrogen-bond donors (Lipinski definition) is 0. The largest absolute Gasteiger partial charge is 0.493 e. The van der Waals surface area contributed by atoms with Crippen LogP contribution in [-0.4, -0.2) is 29.0 Å². The van der Waals surface area contributed by atoms with E-state index in [1.54, 1.807) is 24.4 Å². The molecular formula is C22H21BrIN3O4. The predicted molar refractivity (Wildman–Crippen MR) is 132 cm³/mol. The highest BCUT2D eigenvalue weighted by Gasteiger charge is 2.16. The summed E-state index contributed by atoms with van der Waals surface area (Å²) in [5.41, 5.74) is 1.08. The molecule has 0 saturated carbocycles. The Labute approximate surface area is 201 Å². The molecule has 0 aliphatic rings. The molecule has 0 fully saturated rings. The Morgan fingerprint density at radius 3 is 2.74 bits per heavy atom. The monoisotopic (exact) mass is 597 g/mol. The van der Waals surface area contributed by atoms with Gasteiger partial charge < -0.3 is 9.47 Å². The number of esters is 1. The van der Waals surface area contributed by atoms with Gasteiger partial charge in [-0.2, -0.15) is 9.78 Å². The standard InChI is InChI=1S/C22H21BrIN3O4/c1-5-12(2)21-26-18-7-6-15(23)10-16(18)22(29)27(21)25-11-14-8-17(24)20(31-13(3)28)19(9-14)30-4/h6-12H,5H2,1-4H3/t12-/m1/s1. The van der Waals surface area contributed by atoms with Crippen LogP contribution in [0.3, 0.4) is 0 Å². The van der Waals surface area contributed by atoms with Crippen LogP contribution in [0.4, 0.5) is 0 Å². The highest BCUT2D eigenvalue weighted by atomic mass is 127.